The fourth-order valence-electron chi connectivity index (χ4n) is 1.66. The predicted octanol–water partition coefficient (Wildman–Crippen LogP) is 3.93. The summed E-state index contributed by atoms with van der Waals surface area (Å²) in [7, 11) is 0. The second-order valence-electron chi connectivity index (χ2n) is 3.89. The van der Waals surface area contributed by atoms with Crippen molar-refractivity contribution in [3.8, 4) is 11.1 Å². The van der Waals surface area contributed by atoms with Crippen molar-refractivity contribution >= 4 is 12.4 Å². The fourth-order valence-corrected chi connectivity index (χ4v) is 1.66. The van der Waals surface area contributed by atoms with Crippen LogP contribution >= 0.6 is 12.4 Å². The molecule has 2 rings (SSSR count). The minimum Gasteiger partial charge on any atom is -0.324 e. The summed E-state index contributed by atoms with van der Waals surface area (Å²) < 4.78 is 13.5. The first-order valence-electron chi connectivity index (χ1n) is 5.29. The van der Waals surface area contributed by atoms with Crippen LogP contribution in [0, 0.1) is 5.82 Å². The third-order valence-electron chi connectivity index (χ3n) is 2.62. The van der Waals surface area contributed by atoms with E-state index in [1.165, 1.54) is 6.07 Å². The van der Waals surface area contributed by atoms with Crippen molar-refractivity contribution < 1.29 is 4.39 Å². The van der Waals surface area contributed by atoms with E-state index in [1.807, 2.05) is 37.3 Å². The van der Waals surface area contributed by atoms with E-state index >= 15 is 0 Å². The number of rotatable bonds is 2. The highest BCUT2D eigenvalue weighted by atomic mass is 35.5. The summed E-state index contributed by atoms with van der Waals surface area (Å²) in [5.41, 5.74) is 8.32. The van der Waals surface area contributed by atoms with E-state index in [0.717, 1.165) is 11.1 Å². The standard InChI is InChI=1S/C14H14FN.ClH/c1-10(16)11-6-8-12(9-7-11)13-4-2-3-5-14(13)15;/h2-10H,16H2,1H3;1H/t10-;/m1./s1. The maximum absolute atomic E-state index is 13.5. The van der Waals surface area contributed by atoms with Crippen LogP contribution in [0.15, 0.2) is 48.5 Å². The van der Waals surface area contributed by atoms with Crippen molar-refractivity contribution in [3.05, 3.63) is 59.9 Å². The van der Waals surface area contributed by atoms with Gasteiger partial charge in [-0.05, 0) is 24.1 Å². The zero-order valence-corrected chi connectivity index (χ0v) is 10.4. The van der Waals surface area contributed by atoms with Crippen LogP contribution in [0.3, 0.4) is 0 Å². The number of halogens is 2. The Morgan fingerprint density at radius 3 is 2.12 bits per heavy atom. The van der Waals surface area contributed by atoms with Crippen LogP contribution in [0.1, 0.15) is 18.5 Å². The normalized spacial score (nSPS) is 11.7. The smallest absolute Gasteiger partial charge is 0.131 e. The van der Waals surface area contributed by atoms with Gasteiger partial charge in [0.15, 0.2) is 0 Å². The molecule has 0 saturated carbocycles. The summed E-state index contributed by atoms with van der Waals surface area (Å²) in [6, 6.07) is 14.4. The summed E-state index contributed by atoms with van der Waals surface area (Å²) >= 11 is 0. The van der Waals surface area contributed by atoms with Gasteiger partial charge in [-0.25, -0.2) is 4.39 Å². The lowest BCUT2D eigenvalue weighted by atomic mass is 10.0. The highest BCUT2D eigenvalue weighted by molar-refractivity contribution is 5.85. The molecule has 17 heavy (non-hydrogen) atoms. The third-order valence-corrected chi connectivity index (χ3v) is 2.62. The number of hydrogen-bond acceptors (Lipinski definition) is 1. The fraction of sp³-hybridized carbons (Fsp3) is 0.143. The molecule has 0 aliphatic heterocycles. The molecule has 90 valence electrons. The molecule has 2 aromatic rings. The molecule has 0 aliphatic carbocycles. The molecule has 3 heteroatoms. The topological polar surface area (TPSA) is 26.0 Å². The minimum absolute atomic E-state index is 0. The van der Waals surface area contributed by atoms with Gasteiger partial charge in [-0.3, -0.25) is 0 Å². The van der Waals surface area contributed by atoms with Gasteiger partial charge < -0.3 is 5.73 Å². The van der Waals surface area contributed by atoms with Crippen LogP contribution in [0.5, 0.6) is 0 Å². The van der Waals surface area contributed by atoms with Crippen LogP contribution in [0.2, 0.25) is 0 Å². The summed E-state index contributed by atoms with van der Waals surface area (Å²) in [6.45, 7) is 1.93. The molecule has 0 aromatic heterocycles. The highest BCUT2D eigenvalue weighted by Crippen LogP contribution is 2.23. The maximum atomic E-state index is 13.5. The van der Waals surface area contributed by atoms with E-state index < -0.39 is 0 Å². The number of nitrogens with two attached hydrogens (primary N) is 1. The van der Waals surface area contributed by atoms with Crippen molar-refractivity contribution in [2.75, 3.05) is 0 Å². The van der Waals surface area contributed by atoms with Gasteiger partial charge in [0.2, 0.25) is 0 Å². The molecule has 0 fully saturated rings. The van der Waals surface area contributed by atoms with Gasteiger partial charge in [0.1, 0.15) is 5.82 Å². The molecule has 1 nitrogen and oxygen atoms in total. The summed E-state index contributed by atoms with van der Waals surface area (Å²) in [6.07, 6.45) is 0. The average molecular weight is 252 g/mol. The molecule has 1 atom stereocenters. The Morgan fingerprint density at radius 2 is 1.59 bits per heavy atom. The molecule has 0 unspecified atom stereocenters. The minimum atomic E-state index is -0.198. The lowest BCUT2D eigenvalue weighted by molar-refractivity contribution is 0.631. The van der Waals surface area contributed by atoms with Gasteiger partial charge >= 0.3 is 0 Å². The van der Waals surface area contributed by atoms with Crippen molar-refractivity contribution in [2.24, 2.45) is 5.73 Å². The Balaban J connectivity index is 0.00000144. The van der Waals surface area contributed by atoms with E-state index in [4.69, 9.17) is 5.73 Å². The first-order valence-corrected chi connectivity index (χ1v) is 5.29. The average Bonchev–Trinajstić information content (AvgIpc) is 2.30. The van der Waals surface area contributed by atoms with Gasteiger partial charge in [0, 0.05) is 11.6 Å². The Kier molecular flexibility index (Phi) is 4.67. The molecular weight excluding hydrogens is 237 g/mol. The van der Waals surface area contributed by atoms with Crippen molar-refractivity contribution in [2.45, 2.75) is 13.0 Å². The Bertz CT molecular complexity index is 480. The van der Waals surface area contributed by atoms with Gasteiger partial charge in [0.25, 0.3) is 0 Å². The zero-order valence-electron chi connectivity index (χ0n) is 9.56. The Labute approximate surface area is 107 Å². The SMILES string of the molecule is C[C@@H](N)c1ccc(-c2ccccc2F)cc1.Cl. The third kappa shape index (κ3) is 3.05. The molecule has 0 bridgehead atoms. The second-order valence-corrected chi connectivity index (χ2v) is 3.89. The number of hydrogen-bond donors (Lipinski definition) is 1. The van der Waals surface area contributed by atoms with Gasteiger partial charge in [-0.2, -0.15) is 0 Å². The van der Waals surface area contributed by atoms with Crippen molar-refractivity contribution in [1.82, 2.24) is 0 Å². The van der Waals surface area contributed by atoms with Gasteiger partial charge in [0.05, 0.1) is 0 Å². The maximum Gasteiger partial charge on any atom is 0.131 e. The Morgan fingerprint density at radius 1 is 1.00 bits per heavy atom. The van der Waals surface area contributed by atoms with E-state index in [2.05, 4.69) is 0 Å². The van der Waals surface area contributed by atoms with Crippen LogP contribution < -0.4 is 5.73 Å². The molecule has 2 N–H and O–H groups in total. The van der Waals surface area contributed by atoms with Crippen LogP contribution in [-0.4, -0.2) is 0 Å². The van der Waals surface area contributed by atoms with E-state index in [-0.39, 0.29) is 24.3 Å². The second kappa shape index (κ2) is 5.80. The largest absolute Gasteiger partial charge is 0.324 e. The monoisotopic (exact) mass is 251 g/mol. The van der Waals surface area contributed by atoms with Crippen molar-refractivity contribution in [1.29, 1.82) is 0 Å². The van der Waals surface area contributed by atoms with Crippen LogP contribution in [0.25, 0.3) is 11.1 Å². The molecule has 2 aromatic carbocycles. The van der Waals surface area contributed by atoms with E-state index in [9.17, 15) is 4.39 Å². The Hall–Kier alpha value is -1.38. The zero-order chi connectivity index (χ0) is 11.5. The molecule has 0 heterocycles. The summed E-state index contributed by atoms with van der Waals surface area (Å²) in [5.74, 6) is -0.198. The highest BCUT2D eigenvalue weighted by Gasteiger charge is 2.04. The first-order chi connectivity index (χ1) is 7.68. The lowest BCUT2D eigenvalue weighted by Crippen LogP contribution is -2.04. The molecule has 0 radical (unpaired) electrons. The molecule has 0 spiro atoms. The first kappa shape index (κ1) is 13.7. The van der Waals surface area contributed by atoms with E-state index in [1.54, 1.807) is 12.1 Å². The molecule has 0 amide bonds. The molecular formula is C14H15ClFN. The summed E-state index contributed by atoms with van der Waals surface area (Å²) in [4.78, 5) is 0. The number of benzene rings is 2. The van der Waals surface area contributed by atoms with Gasteiger partial charge in [-0.15, -0.1) is 12.4 Å². The van der Waals surface area contributed by atoms with Crippen LogP contribution in [0.4, 0.5) is 4.39 Å². The van der Waals surface area contributed by atoms with Gasteiger partial charge in [-0.1, -0.05) is 42.5 Å². The molecule has 0 saturated heterocycles. The van der Waals surface area contributed by atoms with E-state index in [0.29, 0.717) is 5.56 Å². The quantitative estimate of drug-likeness (QED) is 0.860. The molecule has 0 aliphatic rings. The van der Waals surface area contributed by atoms with Crippen LogP contribution in [-0.2, 0) is 0 Å². The predicted molar refractivity (Wildman–Crippen MR) is 71.7 cm³/mol. The lowest BCUT2D eigenvalue weighted by Gasteiger charge is -2.07. The summed E-state index contributed by atoms with van der Waals surface area (Å²) in [5, 5.41) is 0. The van der Waals surface area contributed by atoms with Crippen molar-refractivity contribution in [3.63, 3.8) is 0 Å².